The lowest BCUT2D eigenvalue weighted by Crippen LogP contribution is -2.44. The lowest BCUT2D eigenvalue weighted by atomic mass is 10.1. The van der Waals surface area contributed by atoms with Crippen LogP contribution in [0, 0.1) is 0 Å². The Bertz CT molecular complexity index is 1240. The van der Waals surface area contributed by atoms with Crippen LogP contribution in [-0.4, -0.2) is 76.6 Å². The van der Waals surface area contributed by atoms with Crippen LogP contribution in [0.15, 0.2) is 47.9 Å². The molecule has 0 spiro atoms. The first-order valence-corrected chi connectivity index (χ1v) is 11.8. The molecule has 1 aliphatic heterocycles. The zero-order valence-electron chi connectivity index (χ0n) is 20.4. The molecule has 0 bridgehead atoms. The molecule has 11 heteroatoms. The third-order valence-corrected chi connectivity index (χ3v) is 5.76. The predicted molar refractivity (Wildman–Crippen MR) is 137 cm³/mol. The molecule has 0 aromatic carbocycles. The molecule has 0 atom stereocenters. The third kappa shape index (κ3) is 6.76. The summed E-state index contributed by atoms with van der Waals surface area (Å²) in [5.74, 6) is -1.47. The van der Waals surface area contributed by atoms with Gasteiger partial charge in [0, 0.05) is 42.8 Å². The molecule has 9 nitrogen and oxygen atoms in total. The maximum absolute atomic E-state index is 14.4. The van der Waals surface area contributed by atoms with Crippen molar-refractivity contribution in [3.8, 4) is 0 Å². The average molecular weight is 497 g/mol. The largest absolute Gasteiger partial charge is 0.404 e. The number of allylic oxidation sites excluding steroid dienone is 1. The summed E-state index contributed by atoms with van der Waals surface area (Å²) in [6, 6.07) is 7.36. The van der Waals surface area contributed by atoms with Crippen molar-refractivity contribution in [2.45, 2.75) is 25.7 Å². The summed E-state index contributed by atoms with van der Waals surface area (Å²) in [5.41, 5.74) is 9.22. The lowest BCUT2D eigenvalue weighted by molar-refractivity contribution is -0.0500. The maximum Gasteiger partial charge on any atom is 0.279 e. The molecule has 0 unspecified atom stereocenters. The molecular weight excluding hydrogens is 466 g/mol. The highest BCUT2D eigenvalue weighted by Gasteiger charge is 2.31. The van der Waals surface area contributed by atoms with Crippen LogP contribution in [0.1, 0.15) is 30.9 Å². The molecule has 1 saturated heterocycles. The second-order valence-electron chi connectivity index (χ2n) is 8.95. The van der Waals surface area contributed by atoms with Crippen molar-refractivity contribution in [1.29, 1.82) is 0 Å². The molecule has 4 rings (SSSR count). The van der Waals surface area contributed by atoms with Gasteiger partial charge in [0.05, 0.1) is 37.0 Å². The second-order valence-corrected chi connectivity index (χ2v) is 8.95. The molecule has 36 heavy (non-hydrogen) atoms. The van der Waals surface area contributed by atoms with Gasteiger partial charge in [0.25, 0.3) is 5.92 Å². The van der Waals surface area contributed by atoms with E-state index >= 15 is 0 Å². The Morgan fingerprint density at radius 1 is 1.19 bits per heavy atom. The topological polar surface area (TPSA) is 114 Å². The molecule has 190 valence electrons. The Labute approximate surface area is 208 Å². The Morgan fingerprint density at radius 2 is 2.00 bits per heavy atom. The summed E-state index contributed by atoms with van der Waals surface area (Å²) >= 11 is 0. The smallest absolute Gasteiger partial charge is 0.279 e. The Morgan fingerprint density at radius 3 is 2.75 bits per heavy atom. The van der Waals surface area contributed by atoms with Crippen molar-refractivity contribution in [3.05, 3.63) is 54.0 Å². The van der Waals surface area contributed by atoms with Gasteiger partial charge in [-0.1, -0.05) is 13.8 Å². The highest BCUT2D eigenvalue weighted by atomic mass is 19.3. The molecule has 0 saturated carbocycles. The number of aromatic nitrogens is 4. The van der Waals surface area contributed by atoms with E-state index in [1.807, 2.05) is 12.1 Å². The van der Waals surface area contributed by atoms with Crippen LogP contribution in [0.25, 0.3) is 16.6 Å². The molecule has 1 fully saturated rings. The lowest BCUT2D eigenvalue weighted by Gasteiger charge is -2.29. The first-order chi connectivity index (χ1) is 17.3. The highest BCUT2D eigenvalue weighted by Crippen LogP contribution is 2.22. The van der Waals surface area contributed by atoms with E-state index in [2.05, 4.69) is 44.3 Å². The molecular formula is C25H30F2N8O. The fourth-order valence-electron chi connectivity index (χ4n) is 3.75. The molecule has 0 amide bonds. The van der Waals surface area contributed by atoms with Gasteiger partial charge in [-0.05, 0) is 35.7 Å². The monoisotopic (exact) mass is 496 g/mol. The molecule has 1 aliphatic rings. The zero-order valence-corrected chi connectivity index (χ0v) is 20.4. The van der Waals surface area contributed by atoms with Crippen molar-refractivity contribution < 1.29 is 13.5 Å². The number of halogens is 2. The quantitative estimate of drug-likeness (QED) is 0.432. The van der Waals surface area contributed by atoms with E-state index in [1.54, 1.807) is 29.4 Å². The number of anilines is 2. The number of nitrogens with two attached hydrogens (primary N) is 1. The molecule has 3 aromatic heterocycles. The number of nitrogens with zero attached hydrogens (tertiary/aromatic N) is 6. The number of hydrogen-bond acceptors (Lipinski definition) is 9. The van der Waals surface area contributed by atoms with E-state index in [4.69, 9.17) is 10.5 Å². The van der Waals surface area contributed by atoms with E-state index < -0.39 is 12.5 Å². The Balaban J connectivity index is 1.46. The molecule has 0 aliphatic carbocycles. The number of nitrogens with one attached hydrogen (secondary N) is 1. The third-order valence-electron chi connectivity index (χ3n) is 5.76. The van der Waals surface area contributed by atoms with Crippen molar-refractivity contribution in [2.24, 2.45) is 10.7 Å². The number of rotatable bonds is 9. The summed E-state index contributed by atoms with van der Waals surface area (Å²) < 4.78 is 34.0. The van der Waals surface area contributed by atoms with Crippen LogP contribution in [0.4, 0.5) is 20.4 Å². The number of aliphatic imine (C=N–C) groups is 1. The van der Waals surface area contributed by atoms with Gasteiger partial charge in [-0.2, -0.15) is 5.10 Å². The van der Waals surface area contributed by atoms with Crippen molar-refractivity contribution in [3.63, 3.8) is 0 Å². The number of ether oxygens (including phenoxy) is 1. The standard InChI is InChI=1S/C25H30F2N8O/c1-17(2)18-10-24(34-31-14-18)33-23-4-3-21-22(32-23)9-19(13-30-21)20(11-28)12-29-15-25(26,27)16-35-5-7-36-8-6-35/h3-4,9-14,17H,5-8,15-16,28H2,1-2H3,(H,32,33,34). The van der Waals surface area contributed by atoms with Crippen LogP contribution in [-0.2, 0) is 4.74 Å². The maximum atomic E-state index is 14.4. The number of fused-ring (bicyclic) bond motifs is 1. The van der Waals surface area contributed by atoms with Crippen molar-refractivity contribution in [1.82, 2.24) is 25.1 Å². The number of pyridine rings is 2. The van der Waals surface area contributed by atoms with Gasteiger partial charge >= 0.3 is 0 Å². The summed E-state index contributed by atoms with van der Waals surface area (Å²) in [7, 11) is 0. The molecule has 3 N–H and O–H groups in total. The minimum atomic E-state index is -2.95. The summed E-state index contributed by atoms with van der Waals surface area (Å²) in [6.07, 6.45) is 6.03. The summed E-state index contributed by atoms with van der Waals surface area (Å²) in [6.45, 7) is 5.11. The number of alkyl halides is 2. The average Bonchev–Trinajstić information content (AvgIpc) is 2.86. The Hall–Kier alpha value is -3.57. The van der Waals surface area contributed by atoms with Crippen LogP contribution in [0.3, 0.4) is 0 Å². The van der Waals surface area contributed by atoms with Crippen molar-refractivity contribution in [2.75, 3.05) is 44.7 Å². The van der Waals surface area contributed by atoms with Crippen LogP contribution in [0.5, 0.6) is 0 Å². The zero-order chi connectivity index (χ0) is 25.5. The van der Waals surface area contributed by atoms with Crippen LogP contribution >= 0.6 is 0 Å². The van der Waals surface area contributed by atoms with Gasteiger partial charge in [-0.15, -0.1) is 5.10 Å². The van der Waals surface area contributed by atoms with E-state index in [1.165, 1.54) is 12.4 Å². The minimum absolute atomic E-state index is 0.319. The van der Waals surface area contributed by atoms with E-state index in [9.17, 15) is 8.78 Å². The molecule has 0 radical (unpaired) electrons. The van der Waals surface area contributed by atoms with Gasteiger partial charge in [0.2, 0.25) is 0 Å². The first kappa shape index (κ1) is 25.5. The van der Waals surface area contributed by atoms with Gasteiger partial charge in [-0.3, -0.25) is 14.9 Å². The van der Waals surface area contributed by atoms with Gasteiger partial charge < -0.3 is 15.8 Å². The fourth-order valence-corrected chi connectivity index (χ4v) is 3.75. The van der Waals surface area contributed by atoms with E-state index in [0.717, 1.165) is 5.56 Å². The van der Waals surface area contributed by atoms with E-state index in [-0.39, 0.29) is 6.54 Å². The SMILES string of the molecule is CC(C)c1cnnc(Nc2ccc3ncc(C(C=NCC(F)(F)CN4CCOCC4)=CN)cc3n2)c1. The number of hydrogen-bond donors (Lipinski definition) is 2. The fraction of sp³-hybridized carbons (Fsp3) is 0.400. The van der Waals surface area contributed by atoms with E-state index in [0.29, 0.717) is 66.0 Å². The highest BCUT2D eigenvalue weighted by molar-refractivity contribution is 6.10. The van der Waals surface area contributed by atoms with Gasteiger partial charge in [0.15, 0.2) is 5.82 Å². The molecule has 3 aromatic rings. The molecule has 4 heterocycles. The van der Waals surface area contributed by atoms with Crippen molar-refractivity contribution >= 4 is 34.5 Å². The summed E-state index contributed by atoms with van der Waals surface area (Å²) in [5, 5.41) is 11.3. The predicted octanol–water partition coefficient (Wildman–Crippen LogP) is 3.62. The van der Waals surface area contributed by atoms with Gasteiger partial charge in [-0.25, -0.2) is 13.8 Å². The number of morpholine rings is 1. The Kier molecular flexibility index (Phi) is 8.11. The van der Waals surface area contributed by atoms with Gasteiger partial charge in [0.1, 0.15) is 12.4 Å². The van der Waals surface area contributed by atoms with Crippen LogP contribution in [0.2, 0.25) is 0 Å². The minimum Gasteiger partial charge on any atom is -0.404 e. The van der Waals surface area contributed by atoms with Crippen LogP contribution < -0.4 is 11.1 Å². The normalized spacial score (nSPS) is 15.8. The second kappa shape index (κ2) is 11.4. The first-order valence-electron chi connectivity index (χ1n) is 11.8. The summed E-state index contributed by atoms with van der Waals surface area (Å²) in [4.78, 5) is 14.7.